The molecule has 2 aliphatic carbocycles. The Morgan fingerprint density at radius 1 is 1.00 bits per heavy atom. The third-order valence-electron chi connectivity index (χ3n) is 4.37. The third kappa shape index (κ3) is 3.74. The zero-order valence-corrected chi connectivity index (χ0v) is 10.6. The van der Waals surface area contributed by atoms with Gasteiger partial charge in [0, 0.05) is 6.54 Å². The van der Waals surface area contributed by atoms with Crippen molar-refractivity contribution in [3.63, 3.8) is 0 Å². The maximum absolute atomic E-state index is 5.47. The highest BCUT2D eigenvalue weighted by molar-refractivity contribution is 5.04. The van der Waals surface area contributed by atoms with Gasteiger partial charge in [0.25, 0.3) is 0 Å². The quantitative estimate of drug-likeness (QED) is 0.560. The Hall–Kier alpha value is -0.0800. The molecule has 0 bridgehead atoms. The second-order valence-electron chi connectivity index (χ2n) is 5.87. The van der Waals surface area contributed by atoms with Gasteiger partial charge in [-0.25, -0.2) is 0 Å². The van der Waals surface area contributed by atoms with Crippen molar-refractivity contribution in [3.05, 3.63) is 0 Å². The zero-order chi connectivity index (χ0) is 11.3. The smallest absolute Gasteiger partial charge is 0.00105 e. The summed E-state index contributed by atoms with van der Waals surface area (Å²) in [5.41, 5.74) is 6.24. The van der Waals surface area contributed by atoms with Crippen molar-refractivity contribution < 1.29 is 0 Å². The topological polar surface area (TPSA) is 38.0 Å². The molecule has 2 fully saturated rings. The number of hydrogen-bond acceptors (Lipinski definition) is 2. The van der Waals surface area contributed by atoms with Crippen LogP contribution in [0.25, 0.3) is 0 Å². The first-order valence-electron chi connectivity index (χ1n) is 7.28. The molecule has 0 amide bonds. The van der Waals surface area contributed by atoms with Crippen molar-refractivity contribution in [1.29, 1.82) is 0 Å². The molecule has 2 heteroatoms. The highest BCUT2D eigenvalue weighted by Gasteiger charge is 2.52. The lowest BCUT2D eigenvalue weighted by molar-refractivity contribution is 0.400. The summed E-state index contributed by atoms with van der Waals surface area (Å²) in [5.74, 6) is 1.10. The van der Waals surface area contributed by atoms with E-state index in [1.807, 2.05) is 0 Å². The van der Waals surface area contributed by atoms with Crippen molar-refractivity contribution in [2.24, 2.45) is 17.1 Å². The van der Waals surface area contributed by atoms with E-state index in [2.05, 4.69) is 5.32 Å². The van der Waals surface area contributed by atoms with Gasteiger partial charge >= 0.3 is 0 Å². The van der Waals surface area contributed by atoms with Crippen LogP contribution in [0.15, 0.2) is 0 Å². The monoisotopic (exact) mass is 224 g/mol. The number of rotatable bonds is 10. The van der Waals surface area contributed by atoms with E-state index >= 15 is 0 Å². The lowest BCUT2D eigenvalue weighted by Crippen LogP contribution is -2.26. The van der Waals surface area contributed by atoms with Crippen LogP contribution in [0.3, 0.4) is 0 Å². The summed E-state index contributed by atoms with van der Waals surface area (Å²) >= 11 is 0. The van der Waals surface area contributed by atoms with Crippen LogP contribution in [0, 0.1) is 11.3 Å². The minimum Gasteiger partial charge on any atom is -0.330 e. The van der Waals surface area contributed by atoms with E-state index in [0.717, 1.165) is 17.9 Å². The molecule has 2 aliphatic rings. The summed E-state index contributed by atoms with van der Waals surface area (Å²) in [6.45, 7) is 3.40. The van der Waals surface area contributed by atoms with Crippen LogP contribution in [0.4, 0.5) is 0 Å². The fraction of sp³-hybridized carbons (Fsp3) is 1.00. The Kier molecular flexibility index (Phi) is 4.66. The highest BCUT2D eigenvalue weighted by atomic mass is 14.9. The summed E-state index contributed by atoms with van der Waals surface area (Å²) in [6.07, 6.45) is 12.7. The van der Waals surface area contributed by atoms with Gasteiger partial charge in [0.1, 0.15) is 0 Å². The van der Waals surface area contributed by atoms with Crippen molar-refractivity contribution in [1.82, 2.24) is 5.32 Å². The van der Waals surface area contributed by atoms with Crippen LogP contribution >= 0.6 is 0 Å². The number of nitrogens with two attached hydrogens (primary N) is 1. The second-order valence-corrected chi connectivity index (χ2v) is 5.87. The molecular weight excluding hydrogens is 196 g/mol. The molecule has 0 atom stereocenters. The Labute approximate surface area is 100 Å². The second kappa shape index (κ2) is 6.02. The van der Waals surface area contributed by atoms with Crippen molar-refractivity contribution >= 4 is 0 Å². The molecule has 16 heavy (non-hydrogen) atoms. The summed E-state index contributed by atoms with van der Waals surface area (Å²) in [7, 11) is 0. The Balaban J connectivity index is 1.38. The van der Waals surface area contributed by atoms with E-state index in [1.54, 1.807) is 0 Å². The first-order valence-corrected chi connectivity index (χ1v) is 7.28. The molecule has 0 aromatic heterocycles. The van der Waals surface area contributed by atoms with E-state index < -0.39 is 0 Å². The molecule has 0 aromatic carbocycles. The van der Waals surface area contributed by atoms with E-state index in [-0.39, 0.29) is 0 Å². The lowest BCUT2D eigenvalue weighted by atomic mass is 10.0. The van der Waals surface area contributed by atoms with Gasteiger partial charge in [-0.2, -0.15) is 0 Å². The molecule has 0 spiro atoms. The van der Waals surface area contributed by atoms with Gasteiger partial charge in [-0.15, -0.1) is 0 Å². The maximum atomic E-state index is 5.47. The van der Waals surface area contributed by atoms with Crippen LogP contribution in [-0.2, 0) is 0 Å². The fourth-order valence-corrected chi connectivity index (χ4v) is 2.85. The molecule has 0 unspecified atom stereocenters. The van der Waals surface area contributed by atoms with Gasteiger partial charge in [0.15, 0.2) is 0 Å². The SMILES string of the molecule is NCCCCCCCNCC1(C2CC2)CC1. The minimum atomic E-state index is 0.777. The third-order valence-corrected chi connectivity index (χ3v) is 4.37. The van der Waals surface area contributed by atoms with Gasteiger partial charge in [-0.05, 0) is 62.9 Å². The number of unbranched alkanes of at least 4 members (excludes halogenated alkanes) is 4. The van der Waals surface area contributed by atoms with Crippen LogP contribution < -0.4 is 11.1 Å². The van der Waals surface area contributed by atoms with E-state index in [1.165, 1.54) is 70.9 Å². The van der Waals surface area contributed by atoms with Gasteiger partial charge < -0.3 is 11.1 Å². The summed E-state index contributed by atoms with van der Waals surface area (Å²) < 4.78 is 0. The number of hydrogen-bond donors (Lipinski definition) is 2. The summed E-state index contributed by atoms with van der Waals surface area (Å²) in [6, 6.07) is 0. The maximum Gasteiger partial charge on any atom is 0.00105 e. The normalized spacial score (nSPS) is 22.3. The van der Waals surface area contributed by atoms with Crippen LogP contribution in [0.5, 0.6) is 0 Å². The Bertz CT molecular complexity index is 195. The molecule has 2 saturated carbocycles. The molecule has 0 heterocycles. The first kappa shape index (κ1) is 12.4. The molecule has 0 aliphatic heterocycles. The van der Waals surface area contributed by atoms with Gasteiger partial charge in [0.2, 0.25) is 0 Å². The van der Waals surface area contributed by atoms with Gasteiger partial charge in [-0.3, -0.25) is 0 Å². The Morgan fingerprint density at radius 3 is 2.31 bits per heavy atom. The lowest BCUT2D eigenvalue weighted by Gasteiger charge is -2.14. The van der Waals surface area contributed by atoms with E-state index in [9.17, 15) is 0 Å². The minimum absolute atomic E-state index is 0.777. The molecule has 0 aromatic rings. The molecule has 0 radical (unpaired) electrons. The summed E-state index contributed by atoms with van der Waals surface area (Å²) in [5, 5.41) is 3.68. The highest BCUT2D eigenvalue weighted by Crippen LogP contribution is 2.60. The molecule has 3 N–H and O–H groups in total. The largest absolute Gasteiger partial charge is 0.330 e. The molecule has 94 valence electrons. The van der Waals surface area contributed by atoms with Crippen molar-refractivity contribution in [3.8, 4) is 0 Å². The number of nitrogens with one attached hydrogen (secondary N) is 1. The van der Waals surface area contributed by atoms with Crippen molar-refractivity contribution in [2.75, 3.05) is 19.6 Å². The van der Waals surface area contributed by atoms with Crippen LogP contribution in [-0.4, -0.2) is 19.6 Å². The predicted molar refractivity (Wildman–Crippen MR) is 69.4 cm³/mol. The Morgan fingerprint density at radius 2 is 1.69 bits per heavy atom. The molecule has 2 rings (SSSR count). The van der Waals surface area contributed by atoms with Crippen LogP contribution in [0.2, 0.25) is 0 Å². The molecule has 2 nitrogen and oxygen atoms in total. The van der Waals surface area contributed by atoms with E-state index in [0.29, 0.717) is 0 Å². The average molecular weight is 224 g/mol. The molecular formula is C14H28N2. The standard InChI is InChI=1S/C14H28N2/c15-10-4-2-1-3-5-11-16-12-14(8-9-14)13-6-7-13/h13,16H,1-12,15H2. The predicted octanol–water partition coefficient (Wildman–Crippen LogP) is 2.68. The van der Waals surface area contributed by atoms with Gasteiger partial charge in [0.05, 0.1) is 0 Å². The van der Waals surface area contributed by atoms with Gasteiger partial charge in [-0.1, -0.05) is 19.3 Å². The van der Waals surface area contributed by atoms with Crippen molar-refractivity contribution in [2.45, 2.75) is 57.8 Å². The van der Waals surface area contributed by atoms with Crippen LogP contribution in [0.1, 0.15) is 57.8 Å². The first-order chi connectivity index (χ1) is 7.87. The average Bonchev–Trinajstić information content (AvgIpc) is 3.15. The zero-order valence-electron chi connectivity index (χ0n) is 10.6. The fourth-order valence-electron chi connectivity index (χ4n) is 2.85. The molecule has 0 saturated heterocycles. The summed E-state index contributed by atoms with van der Waals surface area (Å²) in [4.78, 5) is 0. The van der Waals surface area contributed by atoms with E-state index in [4.69, 9.17) is 5.73 Å².